The van der Waals surface area contributed by atoms with E-state index in [1.54, 1.807) is 0 Å². The van der Waals surface area contributed by atoms with Gasteiger partial charge in [0.1, 0.15) is 5.03 Å². The van der Waals surface area contributed by atoms with Crippen LogP contribution in [0.1, 0.15) is 19.3 Å². The van der Waals surface area contributed by atoms with Crippen LogP contribution in [-0.2, 0) is 22.9 Å². The number of hydrogen-bond acceptors (Lipinski definition) is 4. The lowest BCUT2D eigenvalue weighted by Crippen LogP contribution is -2.43. The summed E-state index contributed by atoms with van der Waals surface area (Å²) in [7, 11) is -3.50. The third-order valence-electron chi connectivity index (χ3n) is 3.12. The molecule has 0 unspecified atom stereocenters. The average molecular weight is 307 g/mol. The van der Waals surface area contributed by atoms with Crippen molar-refractivity contribution in [3.05, 3.63) is 26.9 Å². The molecule has 1 aromatic heterocycles. The number of nitrogens with zero attached hydrogens (tertiary/aromatic N) is 2. The third kappa shape index (κ3) is 2.76. The normalized spacial score (nSPS) is 17.1. The number of rotatable bonds is 4. The van der Waals surface area contributed by atoms with Crippen molar-refractivity contribution in [3.8, 4) is 0 Å². The van der Waals surface area contributed by atoms with Gasteiger partial charge in [0.25, 0.3) is 5.56 Å². The van der Waals surface area contributed by atoms with Gasteiger partial charge >= 0.3 is 5.69 Å². The van der Waals surface area contributed by atoms with Gasteiger partial charge < -0.3 is 0 Å². The molecule has 19 heavy (non-hydrogen) atoms. The molecule has 106 valence electrons. The van der Waals surface area contributed by atoms with Crippen molar-refractivity contribution in [2.75, 3.05) is 11.6 Å². The Balaban J connectivity index is 2.51. The second-order valence-corrected chi connectivity index (χ2v) is 6.91. The van der Waals surface area contributed by atoms with E-state index in [1.165, 1.54) is 4.57 Å². The van der Waals surface area contributed by atoms with Gasteiger partial charge in [-0.15, -0.1) is 11.6 Å². The number of fused-ring (bicyclic) bond motifs is 1. The molecule has 1 aliphatic heterocycles. The molecule has 0 aliphatic carbocycles. The quantitative estimate of drug-likeness (QED) is 0.452. The van der Waals surface area contributed by atoms with E-state index in [0.29, 0.717) is 31.7 Å². The maximum atomic E-state index is 12.1. The highest BCUT2D eigenvalue weighted by Gasteiger charge is 2.26. The van der Waals surface area contributed by atoms with Gasteiger partial charge in [-0.1, -0.05) is 0 Å². The van der Waals surface area contributed by atoms with E-state index in [1.807, 2.05) is 0 Å². The smallest absolute Gasteiger partial charge is 0.284 e. The van der Waals surface area contributed by atoms with Crippen LogP contribution in [0.25, 0.3) is 0 Å². The van der Waals surface area contributed by atoms with Gasteiger partial charge in [0, 0.05) is 25.0 Å². The van der Waals surface area contributed by atoms with Gasteiger partial charge in [0.2, 0.25) is 0 Å². The molecule has 0 atom stereocenters. The van der Waals surface area contributed by atoms with Crippen LogP contribution in [-0.4, -0.2) is 29.2 Å². The topological polar surface area (TPSA) is 78.1 Å². The number of halogens is 1. The van der Waals surface area contributed by atoms with Crippen LogP contribution in [0.4, 0.5) is 0 Å². The maximum absolute atomic E-state index is 12.1. The summed E-state index contributed by atoms with van der Waals surface area (Å²) in [5.41, 5.74) is -1.10. The number of alkyl halides is 1. The summed E-state index contributed by atoms with van der Waals surface area (Å²) in [6, 6.07) is 1.05. The summed E-state index contributed by atoms with van der Waals surface area (Å²) in [6.45, 7) is 0.605. The Kier molecular flexibility index (Phi) is 4.15. The lowest BCUT2D eigenvalue weighted by Gasteiger charge is -2.19. The minimum Gasteiger partial charge on any atom is -0.284 e. The molecule has 2 rings (SSSR count). The minimum atomic E-state index is -3.50. The molecule has 0 saturated heterocycles. The molecule has 0 saturated carbocycles. The monoisotopic (exact) mass is 306 g/mol. The van der Waals surface area contributed by atoms with Crippen LogP contribution in [0.3, 0.4) is 0 Å². The van der Waals surface area contributed by atoms with Crippen LogP contribution < -0.4 is 11.2 Å². The van der Waals surface area contributed by atoms with Crippen molar-refractivity contribution in [3.63, 3.8) is 0 Å². The first-order chi connectivity index (χ1) is 8.97. The molecule has 6 nitrogen and oxygen atoms in total. The Bertz CT molecular complexity index is 690. The molecule has 0 aromatic carbocycles. The van der Waals surface area contributed by atoms with Crippen molar-refractivity contribution in [1.29, 1.82) is 0 Å². The molecular formula is C11H15ClN2O4S. The SMILES string of the molecule is O=c1cc2n(c(=O)n1CCCCCl)CCCS2(=O)=O. The standard InChI is InChI=1S/C11H15ClN2O4S/c12-4-1-2-5-13-9(15)8-10-14(11(13)16)6-3-7-19(10,17)18/h8H,1-7H2. The summed E-state index contributed by atoms with van der Waals surface area (Å²) < 4.78 is 25.9. The number of unbranched alkanes of at least 4 members (excludes halogenated alkanes) is 1. The lowest BCUT2D eigenvalue weighted by atomic mass is 10.3. The van der Waals surface area contributed by atoms with Crippen LogP contribution in [0.15, 0.2) is 20.7 Å². The van der Waals surface area contributed by atoms with E-state index >= 15 is 0 Å². The first-order valence-corrected chi connectivity index (χ1v) is 8.29. The largest absolute Gasteiger partial charge is 0.331 e. The summed E-state index contributed by atoms with van der Waals surface area (Å²) in [4.78, 5) is 24.0. The molecule has 0 bridgehead atoms. The van der Waals surface area contributed by atoms with Crippen LogP contribution in [0.5, 0.6) is 0 Å². The number of hydrogen-bond donors (Lipinski definition) is 0. The fourth-order valence-electron chi connectivity index (χ4n) is 2.15. The van der Waals surface area contributed by atoms with Crippen molar-refractivity contribution in [2.45, 2.75) is 37.4 Å². The number of aromatic nitrogens is 2. The van der Waals surface area contributed by atoms with Crippen molar-refractivity contribution in [2.24, 2.45) is 0 Å². The second kappa shape index (κ2) is 5.50. The van der Waals surface area contributed by atoms with Crippen LogP contribution >= 0.6 is 11.6 Å². The highest BCUT2D eigenvalue weighted by Crippen LogP contribution is 2.14. The van der Waals surface area contributed by atoms with E-state index in [2.05, 4.69) is 0 Å². The number of sulfone groups is 1. The van der Waals surface area contributed by atoms with Crippen LogP contribution in [0.2, 0.25) is 0 Å². The highest BCUT2D eigenvalue weighted by atomic mass is 35.5. The molecule has 1 aromatic rings. The van der Waals surface area contributed by atoms with Gasteiger partial charge in [-0.2, -0.15) is 0 Å². The second-order valence-electron chi connectivity index (χ2n) is 4.48. The first kappa shape index (κ1) is 14.3. The van der Waals surface area contributed by atoms with E-state index < -0.39 is 21.1 Å². The summed E-state index contributed by atoms with van der Waals surface area (Å²) in [5.74, 6) is 0.456. The van der Waals surface area contributed by atoms with Crippen molar-refractivity contribution in [1.82, 2.24) is 9.13 Å². The van der Waals surface area contributed by atoms with E-state index in [4.69, 9.17) is 11.6 Å². The molecule has 8 heteroatoms. The predicted molar refractivity (Wildman–Crippen MR) is 71.6 cm³/mol. The minimum absolute atomic E-state index is 0.0118. The molecule has 2 heterocycles. The molecule has 1 aliphatic rings. The van der Waals surface area contributed by atoms with E-state index in [-0.39, 0.29) is 17.3 Å². The van der Waals surface area contributed by atoms with Gasteiger partial charge in [-0.25, -0.2) is 13.2 Å². The molecule has 0 N–H and O–H groups in total. The van der Waals surface area contributed by atoms with Crippen molar-refractivity contribution < 1.29 is 8.42 Å². The van der Waals surface area contributed by atoms with Crippen molar-refractivity contribution >= 4 is 21.4 Å². The molecule has 0 radical (unpaired) electrons. The van der Waals surface area contributed by atoms with E-state index in [9.17, 15) is 18.0 Å². The Labute approximate surface area is 115 Å². The van der Waals surface area contributed by atoms with Crippen LogP contribution in [0, 0.1) is 0 Å². The average Bonchev–Trinajstić information content (AvgIpc) is 2.34. The maximum Gasteiger partial charge on any atom is 0.331 e. The molecular weight excluding hydrogens is 292 g/mol. The van der Waals surface area contributed by atoms with Gasteiger partial charge in [-0.3, -0.25) is 13.9 Å². The third-order valence-corrected chi connectivity index (χ3v) is 5.19. The fraction of sp³-hybridized carbons (Fsp3) is 0.636. The van der Waals surface area contributed by atoms with Gasteiger partial charge in [-0.05, 0) is 19.3 Å². The summed E-state index contributed by atoms with van der Waals surface area (Å²) in [6.07, 6.45) is 1.72. The predicted octanol–water partition coefficient (Wildman–Crippen LogP) is 0.206. The van der Waals surface area contributed by atoms with E-state index in [0.717, 1.165) is 10.6 Å². The highest BCUT2D eigenvalue weighted by molar-refractivity contribution is 7.91. The Hall–Kier alpha value is -1.08. The molecule has 0 amide bonds. The molecule has 0 fully saturated rings. The van der Waals surface area contributed by atoms with Gasteiger partial charge in [0.15, 0.2) is 9.84 Å². The summed E-state index contributed by atoms with van der Waals surface area (Å²) in [5, 5.41) is -0.151. The fourth-order valence-corrected chi connectivity index (χ4v) is 3.84. The summed E-state index contributed by atoms with van der Waals surface area (Å²) >= 11 is 5.55. The van der Waals surface area contributed by atoms with Gasteiger partial charge in [0.05, 0.1) is 5.75 Å². The Morgan fingerprint density at radius 2 is 2.00 bits per heavy atom. The zero-order chi connectivity index (χ0) is 14.0. The zero-order valence-corrected chi connectivity index (χ0v) is 11.9. The zero-order valence-electron chi connectivity index (χ0n) is 10.3. The lowest BCUT2D eigenvalue weighted by molar-refractivity contribution is 0.471. The molecule has 0 spiro atoms. The Morgan fingerprint density at radius 1 is 1.26 bits per heavy atom. The Morgan fingerprint density at radius 3 is 2.68 bits per heavy atom. The first-order valence-electron chi connectivity index (χ1n) is 6.11.